The van der Waals surface area contributed by atoms with Crippen LogP contribution in [0.25, 0.3) is 0 Å². The number of hydrogen-bond acceptors (Lipinski definition) is 2. The summed E-state index contributed by atoms with van der Waals surface area (Å²) >= 11 is 0. The first-order valence-electron chi connectivity index (χ1n) is 23.6. The molecule has 4 aliphatic carbocycles. The van der Waals surface area contributed by atoms with E-state index < -0.39 is 0 Å². The summed E-state index contributed by atoms with van der Waals surface area (Å²) in [6, 6.07) is 0. The molecule has 0 unspecified atom stereocenters. The summed E-state index contributed by atoms with van der Waals surface area (Å²) in [6.45, 7) is 17.5. The Balaban J connectivity index is 1.05. The van der Waals surface area contributed by atoms with E-state index >= 15 is 0 Å². The van der Waals surface area contributed by atoms with Crippen LogP contribution in [0.4, 0.5) is 0 Å². The molecule has 0 spiro atoms. The molecule has 0 aliphatic heterocycles. The quantitative estimate of drug-likeness (QED) is 0.0533. The lowest BCUT2D eigenvalue weighted by Crippen LogP contribution is -2.51. The molecule has 300 valence electrons. The Morgan fingerprint density at radius 1 is 0.750 bits per heavy atom. The number of hydrogen-bond donors (Lipinski definition) is 0. The normalized spacial score (nSPS) is 31.2. The third-order valence-electron chi connectivity index (χ3n) is 16.0. The molecule has 0 aromatic rings. The van der Waals surface area contributed by atoms with E-state index in [4.69, 9.17) is 4.74 Å². The van der Waals surface area contributed by atoms with Gasteiger partial charge in [0.2, 0.25) is 0 Å². The largest absolute Gasteiger partial charge is 0.462 e. The predicted molar refractivity (Wildman–Crippen MR) is 225 cm³/mol. The topological polar surface area (TPSA) is 26.3 Å². The number of rotatable bonds is 25. The van der Waals surface area contributed by atoms with Gasteiger partial charge >= 0.3 is 5.97 Å². The summed E-state index contributed by atoms with van der Waals surface area (Å²) in [5, 5.41) is 0. The van der Waals surface area contributed by atoms with Gasteiger partial charge in [-0.3, -0.25) is 4.79 Å². The summed E-state index contributed by atoms with van der Waals surface area (Å²) in [4.78, 5) is 12.9. The maximum Gasteiger partial charge on any atom is 0.306 e. The minimum Gasteiger partial charge on any atom is -0.462 e. The van der Waals surface area contributed by atoms with Gasteiger partial charge in [0.15, 0.2) is 0 Å². The van der Waals surface area contributed by atoms with E-state index in [1.54, 1.807) is 5.57 Å². The SMILES string of the molecule is CCCCCCCC/C=C\CCCCCCCCCCCC(=O)O[C@H]1CC[C@@]2(C)C(=CC[C@H]3[C@@H]4CC[C@H]([C@H](C)CC[C@@H](C)C(C)C)[C@@]4(C)CC[C@@H]32)C1. The molecule has 0 N–H and O–H groups in total. The van der Waals surface area contributed by atoms with Crippen molar-refractivity contribution < 1.29 is 9.53 Å². The van der Waals surface area contributed by atoms with E-state index in [-0.39, 0.29) is 12.1 Å². The summed E-state index contributed by atoms with van der Waals surface area (Å²) < 4.78 is 6.15. The monoisotopic (exact) mass is 721 g/mol. The van der Waals surface area contributed by atoms with Crippen molar-refractivity contribution in [3.05, 3.63) is 23.8 Å². The second-order valence-electron chi connectivity index (χ2n) is 19.9. The summed E-state index contributed by atoms with van der Waals surface area (Å²) in [6.07, 6.45) is 43.9. The molecule has 0 aromatic heterocycles. The Morgan fingerprint density at radius 3 is 2.00 bits per heavy atom. The van der Waals surface area contributed by atoms with Crippen molar-refractivity contribution in [1.82, 2.24) is 0 Å². The van der Waals surface area contributed by atoms with Crippen molar-refractivity contribution in [3.63, 3.8) is 0 Å². The van der Waals surface area contributed by atoms with Crippen LogP contribution in [0, 0.1) is 52.3 Å². The van der Waals surface area contributed by atoms with E-state index in [0.29, 0.717) is 17.3 Å². The van der Waals surface area contributed by atoms with Gasteiger partial charge < -0.3 is 4.74 Å². The lowest BCUT2D eigenvalue weighted by molar-refractivity contribution is -0.151. The third-order valence-corrected chi connectivity index (χ3v) is 16.0. The highest BCUT2D eigenvalue weighted by molar-refractivity contribution is 5.69. The van der Waals surface area contributed by atoms with Gasteiger partial charge in [0.25, 0.3) is 0 Å². The molecule has 0 saturated heterocycles. The van der Waals surface area contributed by atoms with Gasteiger partial charge in [-0.2, -0.15) is 0 Å². The molecule has 0 amide bonds. The lowest BCUT2D eigenvalue weighted by atomic mass is 9.47. The van der Waals surface area contributed by atoms with Gasteiger partial charge in [-0.05, 0) is 129 Å². The van der Waals surface area contributed by atoms with Crippen LogP contribution in [0.1, 0.15) is 228 Å². The van der Waals surface area contributed by atoms with Crippen molar-refractivity contribution in [3.8, 4) is 0 Å². The highest BCUT2D eigenvalue weighted by atomic mass is 16.5. The average molecular weight is 721 g/mol. The predicted octanol–water partition coefficient (Wildman–Crippen LogP) is 15.8. The molecular weight excluding hydrogens is 633 g/mol. The van der Waals surface area contributed by atoms with E-state index in [0.717, 1.165) is 60.7 Å². The zero-order valence-corrected chi connectivity index (χ0v) is 36.0. The van der Waals surface area contributed by atoms with Crippen molar-refractivity contribution in [1.29, 1.82) is 0 Å². The molecule has 4 aliphatic rings. The number of fused-ring (bicyclic) bond motifs is 5. The molecule has 9 atom stereocenters. The van der Waals surface area contributed by atoms with E-state index in [9.17, 15) is 4.79 Å². The molecule has 3 fully saturated rings. The number of carbonyl (C=O) groups excluding carboxylic acids is 1. The molecule has 52 heavy (non-hydrogen) atoms. The number of allylic oxidation sites excluding steroid dienone is 3. The first-order chi connectivity index (χ1) is 25.1. The first kappa shape index (κ1) is 43.7. The maximum atomic E-state index is 12.9. The Hall–Kier alpha value is -1.05. The second-order valence-corrected chi connectivity index (χ2v) is 19.9. The smallest absolute Gasteiger partial charge is 0.306 e. The Morgan fingerprint density at radius 2 is 1.37 bits per heavy atom. The van der Waals surface area contributed by atoms with Gasteiger partial charge in [-0.15, -0.1) is 0 Å². The fourth-order valence-corrected chi connectivity index (χ4v) is 12.1. The van der Waals surface area contributed by atoms with Crippen LogP contribution in [0.3, 0.4) is 0 Å². The van der Waals surface area contributed by atoms with Crippen LogP contribution in [0.2, 0.25) is 0 Å². The van der Waals surface area contributed by atoms with Crippen molar-refractivity contribution >= 4 is 5.97 Å². The first-order valence-corrected chi connectivity index (χ1v) is 23.6. The number of ether oxygens (including phenoxy) is 1. The van der Waals surface area contributed by atoms with Gasteiger partial charge in [0.1, 0.15) is 6.10 Å². The standard InChI is InChI=1S/C50H88O2/c1-8-9-10-11-12-13-14-15-16-17-18-19-20-21-22-23-24-25-26-27-48(51)52-43-34-36-49(6)42(38-43)30-31-44-46-33-32-45(50(46,7)37-35-47(44)49)41(5)29-28-40(4)39(2)3/h15-16,30,39-41,43-47H,8-14,17-29,31-38H2,1-7H3/b16-15-/t40-,41-,43+,44+,45-,46+,47+,49+,50-/m1/s1. The highest BCUT2D eigenvalue weighted by Crippen LogP contribution is 2.67. The fourth-order valence-electron chi connectivity index (χ4n) is 12.1. The third kappa shape index (κ3) is 12.5. The molecule has 2 heteroatoms. The zero-order chi connectivity index (χ0) is 37.4. The Bertz CT molecular complexity index is 1070. The van der Waals surface area contributed by atoms with Gasteiger partial charge in [0.05, 0.1) is 0 Å². The van der Waals surface area contributed by atoms with Gasteiger partial charge in [-0.1, -0.05) is 162 Å². The molecule has 3 saturated carbocycles. The Labute approximate surface area is 324 Å². The van der Waals surface area contributed by atoms with E-state index in [2.05, 4.69) is 66.7 Å². The summed E-state index contributed by atoms with van der Waals surface area (Å²) in [7, 11) is 0. The minimum absolute atomic E-state index is 0.0613. The fraction of sp³-hybridized carbons (Fsp3) is 0.900. The van der Waals surface area contributed by atoms with Crippen LogP contribution in [-0.4, -0.2) is 12.1 Å². The van der Waals surface area contributed by atoms with Gasteiger partial charge in [-0.25, -0.2) is 0 Å². The van der Waals surface area contributed by atoms with Crippen LogP contribution >= 0.6 is 0 Å². The van der Waals surface area contributed by atoms with Crippen LogP contribution in [0.15, 0.2) is 23.8 Å². The van der Waals surface area contributed by atoms with Crippen molar-refractivity contribution in [2.45, 2.75) is 234 Å². The number of carbonyl (C=O) groups is 1. The lowest BCUT2D eigenvalue weighted by Gasteiger charge is -2.58. The zero-order valence-electron chi connectivity index (χ0n) is 36.0. The van der Waals surface area contributed by atoms with Crippen molar-refractivity contribution in [2.75, 3.05) is 0 Å². The number of unbranched alkanes of at least 4 members (excludes halogenated alkanes) is 15. The Kier molecular flexibility index (Phi) is 18.9. The molecule has 0 radical (unpaired) electrons. The molecule has 4 rings (SSSR count). The molecular formula is C50H88O2. The minimum atomic E-state index is 0.0613. The van der Waals surface area contributed by atoms with E-state index in [1.807, 2.05) is 0 Å². The molecule has 0 aromatic carbocycles. The van der Waals surface area contributed by atoms with Crippen LogP contribution < -0.4 is 0 Å². The van der Waals surface area contributed by atoms with Crippen molar-refractivity contribution in [2.24, 2.45) is 52.3 Å². The molecule has 2 nitrogen and oxygen atoms in total. The maximum absolute atomic E-state index is 12.9. The van der Waals surface area contributed by atoms with Gasteiger partial charge in [0, 0.05) is 12.8 Å². The molecule has 0 heterocycles. The highest BCUT2D eigenvalue weighted by Gasteiger charge is 2.59. The summed E-state index contributed by atoms with van der Waals surface area (Å²) in [5.74, 6) is 6.09. The van der Waals surface area contributed by atoms with Crippen LogP contribution in [0.5, 0.6) is 0 Å². The average Bonchev–Trinajstić information content (AvgIpc) is 3.48. The van der Waals surface area contributed by atoms with Crippen LogP contribution in [-0.2, 0) is 9.53 Å². The summed E-state index contributed by atoms with van der Waals surface area (Å²) in [5.41, 5.74) is 2.51. The van der Waals surface area contributed by atoms with E-state index in [1.165, 1.54) is 154 Å². The second kappa shape index (κ2) is 22.5. The number of esters is 1. The molecule has 0 bridgehead atoms.